The number of carbonyl (C=O) groups is 1. The third kappa shape index (κ3) is 3.30. The largest absolute Gasteiger partial charge is 0.492 e. The maximum Gasteiger partial charge on any atom is 0.260 e. The number of hydrogen-bond donors (Lipinski definition) is 1. The molecule has 4 nitrogen and oxygen atoms in total. The van der Waals surface area contributed by atoms with Gasteiger partial charge in [0.1, 0.15) is 5.75 Å². The van der Waals surface area contributed by atoms with E-state index < -0.39 is 0 Å². The Morgan fingerprint density at radius 1 is 1.47 bits per heavy atom. The van der Waals surface area contributed by atoms with Crippen molar-refractivity contribution in [1.29, 1.82) is 0 Å². The second kappa shape index (κ2) is 6.12. The van der Waals surface area contributed by atoms with Gasteiger partial charge in [-0.2, -0.15) is 0 Å². The molecule has 1 aromatic carbocycles. The lowest BCUT2D eigenvalue weighted by atomic mass is 10.2. The molecule has 1 N–H and O–H groups in total. The molecule has 0 aliphatic heterocycles. The minimum absolute atomic E-state index is 0.302. The van der Waals surface area contributed by atoms with Crippen LogP contribution in [-0.4, -0.2) is 12.5 Å². The summed E-state index contributed by atoms with van der Waals surface area (Å²) in [5.41, 5.74) is 0.926. The molecule has 2 rings (SSSR count). The predicted octanol–water partition coefficient (Wildman–Crippen LogP) is 4.35. The molecule has 6 heteroatoms. The van der Waals surface area contributed by atoms with Gasteiger partial charge in [-0.1, -0.05) is 11.6 Å². The summed E-state index contributed by atoms with van der Waals surface area (Å²) in [5, 5.41) is 3.26. The van der Waals surface area contributed by atoms with Gasteiger partial charge in [0.15, 0.2) is 4.67 Å². The summed E-state index contributed by atoms with van der Waals surface area (Å²) in [4.78, 5) is 12.1. The van der Waals surface area contributed by atoms with E-state index in [2.05, 4.69) is 21.2 Å². The Labute approximate surface area is 123 Å². The molecule has 0 aliphatic carbocycles. The molecule has 1 heterocycles. The van der Waals surface area contributed by atoms with Crippen molar-refractivity contribution < 1.29 is 13.9 Å². The quantitative estimate of drug-likeness (QED) is 0.897. The molecular weight excluding hydrogens is 334 g/mol. The van der Waals surface area contributed by atoms with Crippen LogP contribution in [0.25, 0.3) is 0 Å². The van der Waals surface area contributed by atoms with Gasteiger partial charge in [-0.15, -0.1) is 0 Å². The van der Waals surface area contributed by atoms with Crippen LogP contribution in [0.15, 0.2) is 39.6 Å². The Hall–Kier alpha value is -1.46. The highest BCUT2D eigenvalue weighted by atomic mass is 79.9. The third-order valence-electron chi connectivity index (χ3n) is 2.35. The molecule has 0 atom stereocenters. The first-order chi connectivity index (χ1) is 9.11. The van der Waals surface area contributed by atoms with Crippen molar-refractivity contribution in [1.82, 2.24) is 0 Å². The Balaban J connectivity index is 2.25. The van der Waals surface area contributed by atoms with Crippen LogP contribution in [0.5, 0.6) is 5.75 Å². The lowest BCUT2D eigenvalue weighted by molar-refractivity contribution is 0.102. The summed E-state index contributed by atoms with van der Waals surface area (Å²) in [5.74, 6) is 0.267. The van der Waals surface area contributed by atoms with E-state index in [0.717, 1.165) is 0 Å². The molecule has 1 amide bonds. The highest BCUT2D eigenvalue weighted by Crippen LogP contribution is 2.29. The number of furan rings is 1. The Morgan fingerprint density at radius 3 is 2.89 bits per heavy atom. The van der Waals surface area contributed by atoms with Crippen molar-refractivity contribution in [2.24, 2.45) is 0 Å². The van der Waals surface area contributed by atoms with E-state index in [1.54, 1.807) is 24.3 Å². The summed E-state index contributed by atoms with van der Waals surface area (Å²) in [6.07, 6.45) is 1.43. The van der Waals surface area contributed by atoms with Gasteiger partial charge in [-0.3, -0.25) is 4.79 Å². The van der Waals surface area contributed by atoms with E-state index in [1.807, 2.05) is 6.92 Å². The van der Waals surface area contributed by atoms with Crippen molar-refractivity contribution >= 4 is 39.1 Å². The van der Waals surface area contributed by atoms with Crippen LogP contribution >= 0.6 is 27.5 Å². The van der Waals surface area contributed by atoms with Gasteiger partial charge in [0.2, 0.25) is 0 Å². The van der Waals surface area contributed by atoms with Crippen LogP contribution < -0.4 is 10.1 Å². The van der Waals surface area contributed by atoms with Crippen molar-refractivity contribution in [2.75, 3.05) is 11.9 Å². The summed E-state index contributed by atoms with van der Waals surface area (Å²) in [7, 11) is 0. The van der Waals surface area contributed by atoms with Crippen LogP contribution in [0.1, 0.15) is 17.3 Å². The molecule has 1 aromatic heterocycles. The van der Waals surface area contributed by atoms with Crippen molar-refractivity contribution in [2.45, 2.75) is 6.92 Å². The molecule has 0 unspecified atom stereocenters. The maximum absolute atomic E-state index is 12.1. The van der Waals surface area contributed by atoms with E-state index in [-0.39, 0.29) is 5.91 Å². The average Bonchev–Trinajstić information content (AvgIpc) is 2.79. The third-order valence-corrected chi connectivity index (χ3v) is 3.20. The van der Waals surface area contributed by atoms with Crippen LogP contribution in [0.4, 0.5) is 5.69 Å². The SMILES string of the molecule is CCOc1ccc(Cl)cc1NC(=O)c1ccoc1Br. The van der Waals surface area contributed by atoms with Crippen LogP contribution in [0.3, 0.4) is 0 Å². The van der Waals surface area contributed by atoms with E-state index in [4.69, 9.17) is 20.8 Å². The lowest BCUT2D eigenvalue weighted by Gasteiger charge is -2.11. The first-order valence-corrected chi connectivity index (χ1v) is 6.75. The number of anilines is 1. The van der Waals surface area contributed by atoms with Gasteiger partial charge in [0, 0.05) is 5.02 Å². The molecule has 100 valence electrons. The van der Waals surface area contributed by atoms with E-state index >= 15 is 0 Å². The molecule has 0 saturated carbocycles. The van der Waals surface area contributed by atoms with E-state index in [9.17, 15) is 4.79 Å². The van der Waals surface area contributed by atoms with E-state index in [0.29, 0.717) is 33.3 Å². The predicted molar refractivity (Wildman–Crippen MR) is 77.0 cm³/mol. The zero-order valence-corrected chi connectivity index (χ0v) is 12.4. The molecule has 19 heavy (non-hydrogen) atoms. The molecule has 0 aliphatic rings. The molecule has 0 bridgehead atoms. The Bertz CT molecular complexity index is 597. The normalized spacial score (nSPS) is 10.3. The second-order valence-corrected chi connectivity index (χ2v) is 4.79. The van der Waals surface area contributed by atoms with Crippen molar-refractivity contribution in [3.05, 3.63) is 45.8 Å². The van der Waals surface area contributed by atoms with Gasteiger partial charge < -0.3 is 14.5 Å². The summed E-state index contributed by atoms with van der Waals surface area (Å²) in [6, 6.07) is 6.63. The first-order valence-electron chi connectivity index (χ1n) is 5.58. The maximum atomic E-state index is 12.1. The highest BCUT2D eigenvalue weighted by molar-refractivity contribution is 9.10. The highest BCUT2D eigenvalue weighted by Gasteiger charge is 2.15. The fraction of sp³-hybridized carbons (Fsp3) is 0.154. The smallest absolute Gasteiger partial charge is 0.260 e. The topological polar surface area (TPSA) is 51.5 Å². The van der Waals surface area contributed by atoms with E-state index in [1.165, 1.54) is 6.26 Å². The lowest BCUT2D eigenvalue weighted by Crippen LogP contribution is -2.12. The van der Waals surface area contributed by atoms with Gasteiger partial charge >= 0.3 is 0 Å². The zero-order chi connectivity index (χ0) is 13.8. The fourth-order valence-electron chi connectivity index (χ4n) is 1.53. The van der Waals surface area contributed by atoms with Gasteiger partial charge in [0.05, 0.1) is 24.1 Å². The molecule has 0 radical (unpaired) electrons. The fourth-order valence-corrected chi connectivity index (χ4v) is 2.12. The summed E-state index contributed by atoms with van der Waals surface area (Å²) >= 11 is 9.08. The molecule has 0 spiro atoms. The van der Waals surface area contributed by atoms with Gasteiger partial charge in [-0.05, 0) is 47.1 Å². The van der Waals surface area contributed by atoms with Gasteiger partial charge in [0.25, 0.3) is 5.91 Å². The minimum Gasteiger partial charge on any atom is -0.492 e. The second-order valence-electron chi connectivity index (χ2n) is 3.64. The molecule has 2 aromatic rings. The van der Waals surface area contributed by atoms with Crippen molar-refractivity contribution in [3.8, 4) is 5.75 Å². The number of amides is 1. The molecular formula is C13H11BrClNO3. The molecule has 0 saturated heterocycles. The molecule has 0 fully saturated rings. The number of rotatable bonds is 4. The number of hydrogen-bond acceptors (Lipinski definition) is 3. The number of carbonyl (C=O) groups excluding carboxylic acids is 1. The summed E-state index contributed by atoms with van der Waals surface area (Å²) < 4.78 is 10.8. The zero-order valence-electron chi connectivity index (χ0n) is 10.1. The van der Waals surface area contributed by atoms with Gasteiger partial charge in [-0.25, -0.2) is 0 Å². The first kappa shape index (κ1) is 14.0. The Morgan fingerprint density at radius 2 is 2.26 bits per heavy atom. The Kier molecular flexibility index (Phi) is 4.50. The number of benzene rings is 1. The van der Waals surface area contributed by atoms with Crippen LogP contribution in [0, 0.1) is 0 Å². The standard InChI is InChI=1S/C13H11BrClNO3/c1-2-18-11-4-3-8(15)7-10(11)16-13(17)9-5-6-19-12(9)14/h3-7H,2H2,1H3,(H,16,17). The monoisotopic (exact) mass is 343 g/mol. The van der Waals surface area contributed by atoms with Crippen molar-refractivity contribution in [3.63, 3.8) is 0 Å². The van der Waals surface area contributed by atoms with Crippen LogP contribution in [0.2, 0.25) is 5.02 Å². The van der Waals surface area contributed by atoms with Crippen LogP contribution in [-0.2, 0) is 0 Å². The number of nitrogens with one attached hydrogen (secondary N) is 1. The number of halogens is 2. The number of ether oxygens (including phenoxy) is 1. The average molecular weight is 345 g/mol. The summed E-state index contributed by atoms with van der Waals surface area (Å²) in [6.45, 7) is 2.37. The minimum atomic E-state index is -0.302.